The van der Waals surface area contributed by atoms with E-state index in [0.29, 0.717) is 19.8 Å². The molecule has 8 nitrogen and oxygen atoms in total. The second kappa shape index (κ2) is 8.49. The molecule has 2 fully saturated rings. The summed E-state index contributed by atoms with van der Waals surface area (Å²) >= 11 is 0. The second-order valence-corrected chi connectivity index (χ2v) is 9.16. The van der Waals surface area contributed by atoms with Crippen molar-refractivity contribution < 1.29 is 17.9 Å². The summed E-state index contributed by atoms with van der Waals surface area (Å²) < 4.78 is 34.4. The number of aryl methyl sites for hydroxylation is 1. The maximum absolute atomic E-state index is 12.7. The van der Waals surface area contributed by atoms with Gasteiger partial charge >= 0.3 is 0 Å². The van der Waals surface area contributed by atoms with Crippen molar-refractivity contribution in [3.05, 3.63) is 18.0 Å². The van der Waals surface area contributed by atoms with Crippen molar-refractivity contribution in [2.75, 3.05) is 32.1 Å². The third-order valence-electron chi connectivity index (χ3n) is 5.11. The molecule has 1 atom stereocenters. The van der Waals surface area contributed by atoms with E-state index in [1.165, 1.54) is 0 Å². The number of carbonyl (C=O) groups is 1. The Kier molecular flexibility index (Phi) is 6.31. The highest BCUT2D eigenvalue weighted by Crippen LogP contribution is 2.23. The van der Waals surface area contributed by atoms with E-state index < -0.39 is 10.0 Å². The molecule has 1 amide bonds. The van der Waals surface area contributed by atoms with Crippen LogP contribution < -0.4 is 4.72 Å². The Hall–Kier alpha value is -1.45. The number of rotatable bonds is 6. The largest absolute Gasteiger partial charge is 0.381 e. The molecule has 0 saturated carbocycles. The summed E-state index contributed by atoms with van der Waals surface area (Å²) in [6.07, 6.45) is 6.67. The fourth-order valence-electron chi connectivity index (χ4n) is 3.73. The second-order valence-electron chi connectivity index (χ2n) is 7.30. The molecule has 3 heterocycles. The van der Waals surface area contributed by atoms with Gasteiger partial charge in [0.1, 0.15) is 0 Å². The van der Waals surface area contributed by atoms with Gasteiger partial charge in [-0.25, -0.2) is 13.1 Å². The minimum absolute atomic E-state index is 0.0149. The predicted molar refractivity (Wildman–Crippen MR) is 96.7 cm³/mol. The molecule has 0 bridgehead atoms. The first-order valence-electron chi connectivity index (χ1n) is 9.24. The summed E-state index contributed by atoms with van der Waals surface area (Å²) in [6, 6.07) is 0. The predicted octanol–water partition coefficient (Wildman–Crippen LogP) is 0.505. The highest BCUT2D eigenvalue weighted by molar-refractivity contribution is 7.89. The molecule has 0 aliphatic carbocycles. The van der Waals surface area contributed by atoms with Crippen molar-refractivity contribution >= 4 is 15.9 Å². The highest BCUT2D eigenvalue weighted by Gasteiger charge is 2.31. The summed E-state index contributed by atoms with van der Waals surface area (Å²) in [7, 11) is -1.59. The topological polar surface area (TPSA) is 93.5 Å². The lowest BCUT2D eigenvalue weighted by atomic mass is 9.95. The van der Waals surface area contributed by atoms with E-state index in [0.717, 1.165) is 37.8 Å². The number of hydrogen-bond acceptors (Lipinski definition) is 5. The van der Waals surface area contributed by atoms with Crippen LogP contribution in [0.1, 0.15) is 31.2 Å². The molecule has 1 unspecified atom stereocenters. The third kappa shape index (κ3) is 5.28. The standard InChI is InChI=1S/C17H28N4O4S/c1-20-11-15(9-18-20)10-19-26(23,24)13-14-3-2-6-21(12-14)17(22)16-4-7-25-8-5-16/h9,11,14,16,19H,2-8,10,12-13H2,1H3. The summed E-state index contributed by atoms with van der Waals surface area (Å²) in [5.41, 5.74) is 0.830. The zero-order chi connectivity index (χ0) is 18.6. The Bertz CT molecular complexity index is 712. The van der Waals surface area contributed by atoms with E-state index in [-0.39, 0.29) is 30.0 Å². The van der Waals surface area contributed by atoms with Gasteiger partial charge in [-0.15, -0.1) is 0 Å². The Morgan fingerprint density at radius 1 is 1.35 bits per heavy atom. The van der Waals surface area contributed by atoms with Crippen LogP contribution in [0.15, 0.2) is 12.4 Å². The maximum Gasteiger partial charge on any atom is 0.225 e. The third-order valence-corrected chi connectivity index (χ3v) is 6.61. The summed E-state index contributed by atoms with van der Waals surface area (Å²) in [5, 5.41) is 4.04. The number of amides is 1. The highest BCUT2D eigenvalue weighted by atomic mass is 32.2. The van der Waals surface area contributed by atoms with E-state index in [2.05, 4.69) is 9.82 Å². The first kappa shape index (κ1) is 19.3. The van der Waals surface area contributed by atoms with Crippen molar-refractivity contribution in [3.8, 4) is 0 Å². The maximum atomic E-state index is 12.7. The lowest BCUT2D eigenvalue weighted by Crippen LogP contribution is -2.46. The van der Waals surface area contributed by atoms with Gasteiger partial charge in [-0.05, 0) is 31.6 Å². The van der Waals surface area contributed by atoms with E-state index >= 15 is 0 Å². The van der Waals surface area contributed by atoms with Crippen molar-refractivity contribution in [2.24, 2.45) is 18.9 Å². The summed E-state index contributed by atoms with van der Waals surface area (Å²) in [5.74, 6) is 0.241. The van der Waals surface area contributed by atoms with Gasteiger partial charge < -0.3 is 9.64 Å². The number of nitrogens with one attached hydrogen (secondary N) is 1. The molecular weight excluding hydrogens is 356 g/mol. The first-order valence-corrected chi connectivity index (χ1v) is 10.9. The summed E-state index contributed by atoms with van der Waals surface area (Å²) in [6.45, 7) is 2.79. The van der Waals surface area contributed by atoms with Gasteiger partial charge in [-0.3, -0.25) is 9.48 Å². The van der Waals surface area contributed by atoms with E-state index in [4.69, 9.17) is 4.74 Å². The molecule has 2 saturated heterocycles. The van der Waals surface area contributed by atoms with Gasteiger partial charge in [0.15, 0.2) is 0 Å². The molecule has 9 heteroatoms. The van der Waals surface area contributed by atoms with Crippen LogP contribution in [0.3, 0.4) is 0 Å². The first-order chi connectivity index (χ1) is 12.4. The molecule has 2 aliphatic rings. The zero-order valence-electron chi connectivity index (χ0n) is 15.3. The van der Waals surface area contributed by atoms with Gasteiger partial charge in [0.2, 0.25) is 15.9 Å². The molecule has 0 radical (unpaired) electrons. The fourth-order valence-corrected chi connectivity index (χ4v) is 5.13. The zero-order valence-corrected chi connectivity index (χ0v) is 16.1. The number of hydrogen-bond donors (Lipinski definition) is 1. The van der Waals surface area contributed by atoms with Gasteiger partial charge in [0, 0.05) is 57.6 Å². The Morgan fingerprint density at radius 2 is 2.12 bits per heavy atom. The van der Waals surface area contributed by atoms with E-state index in [1.807, 2.05) is 4.90 Å². The molecule has 0 spiro atoms. The fraction of sp³-hybridized carbons (Fsp3) is 0.765. The van der Waals surface area contributed by atoms with Gasteiger partial charge in [-0.1, -0.05) is 0 Å². The minimum atomic E-state index is -3.39. The lowest BCUT2D eigenvalue weighted by molar-refractivity contribution is -0.140. The number of likely N-dealkylation sites (tertiary alicyclic amines) is 1. The van der Waals surface area contributed by atoms with Crippen LogP contribution in [0.25, 0.3) is 0 Å². The quantitative estimate of drug-likeness (QED) is 0.771. The smallest absolute Gasteiger partial charge is 0.225 e. The molecule has 3 rings (SSSR count). The number of nitrogens with zero attached hydrogens (tertiary/aromatic N) is 3. The number of aromatic nitrogens is 2. The molecule has 2 aliphatic heterocycles. The van der Waals surface area contributed by atoms with Gasteiger partial charge in [-0.2, -0.15) is 5.10 Å². The monoisotopic (exact) mass is 384 g/mol. The van der Waals surface area contributed by atoms with Crippen molar-refractivity contribution in [1.29, 1.82) is 0 Å². The molecule has 1 aromatic rings. The number of carbonyl (C=O) groups excluding carboxylic acids is 1. The molecule has 26 heavy (non-hydrogen) atoms. The van der Waals surface area contributed by atoms with Gasteiger partial charge in [0.25, 0.3) is 0 Å². The van der Waals surface area contributed by atoms with Crippen LogP contribution in [0.2, 0.25) is 0 Å². The number of sulfonamides is 1. The Morgan fingerprint density at radius 3 is 2.81 bits per heavy atom. The normalized spacial score (nSPS) is 22.5. The van der Waals surface area contributed by atoms with E-state index in [1.54, 1.807) is 24.1 Å². The molecule has 1 N–H and O–H groups in total. The van der Waals surface area contributed by atoms with Crippen LogP contribution in [0, 0.1) is 11.8 Å². The average molecular weight is 385 g/mol. The van der Waals surface area contributed by atoms with Crippen LogP contribution in [-0.4, -0.2) is 61.1 Å². The molecule has 146 valence electrons. The molecular formula is C17H28N4O4S. The van der Waals surface area contributed by atoms with Gasteiger partial charge in [0.05, 0.1) is 11.9 Å². The molecule has 0 aromatic carbocycles. The minimum Gasteiger partial charge on any atom is -0.381 e. The average Bonchev–Trinajstić information content (AvgIpc) is 3.05. The van der Waals surface area contributed by atoms with Crippen molar-refractivity contribution in [1.82, 2.24) is 19.4 Å². The van der Waals surface area contributed by atoms with Crippen molar-refractivity contribution in [2.45, 2.75) is 32.2 Å². The number of ether oxygens (including phenoxy) is 1. The van der Waals surface area contributed by atoms with Crippen LogP contribution in [0.4, 0.5) is 0 Å². The van der Waals surface area contributed by atoms with Crippen LogP contribution >= 0.6 is 0 Å². The van der Waals surface area contributed by atoms with Crippen LogP contribution in [0.5, 0.6) is 0 Å². The van der Waals surface area contributed by atoms with E-state index in [9.17, 15) is 13.2 Å². The van der Waals surface area contributed by atoms with Crippen LogP contribution in [-0.2, 0) is 33.1 Å². The SMILES string of the molecule is Cn1cc(CNS(=O)(=O)CC2CCCN(C(=O)C3CCOCC3)C2)cn1. The lowest BCUT2D eigenvalue weighted by Gasteiger charge is -2.35. The molecule has 1 aromatic heterocycles. The Labute approximate surface area is 154 Å². The summed E-state index contributed by atoms with van der Waals surface area (Å²) in [4.78, 5) is 14.5. The van der Waals surface area contributed by atoms with Crippen molar-refractivity contribution in [3.63, 3.8) is 0 Å². The number of piperidine rings is 1. The Balaban J connectivity index is 1.51.